The molecule has 0 aromatic carbocycles. The van der Waals surface area contributed by atoms with Crippen LogP contribution >= 0.6 is 0 Å². The van der Waals surface area contributed by atoms with Crippen LogP contribution in [-0.4, -0.2) is 33.8 Å². The van der Waals surface area contributed by atoms with Crippen LogP contribution in [0.2, 0.25) is 0 Å². The van der Waals surface area contributed by atoms with E-state index in [1.54, 1.807) is 12.3 Å². The highest BCUT2D eigenvalue weighted by atomic mass is 16.3. The summed E-state index contributed by atoms with van der Waals surface area (Å²) >= 11 is 0. The molecule has 5 heteroatoms. The second-order valence-corrected chi connectivity index (χ2v) is 4.74. The Kier molecular flexibility index (Phi) is 2.71. The highest BCUT2D eigenvalue weighted by Crippen LogP contribution is 2.28. The molecule has 1 saturated heterocycles. The maximum atomic E-state index is 10.1. The number of anilines is 2. The molecule has 2 heterocycles. The lowest BCUT2D eigenvalue weighted by molar-refractivity contribution is -0.00960. The van der Waals surface area contributed by atoms with Crippen molar-refractivity contribution in [3.05, 3.63) is 12.3 Å². The summed E-state index contributed by atoms with van der Waals surface area (Å²) in [5, 5.41) is 10.1. The van der Waals surface area contributed by atoms with Gasteiger partial charge in [0.1, 0.15) is 5.82 Å². The molecular formula is C11H18N4O. The van der Waals surface area contributed by atoms with Gasteiger partial charge in [0.2, 0.25) is 5.95 Å². The highest BCUT2D eigenvalue weighted by Gasteiger charge is 2.35. The van der Waals surface area contributed by atoms with Crippen molar-refractivity contribution >= 4 is 11.8 Å². The van der Waals surface area contributed by atoms with E-state index in [-0.39, 0.29) is 5.92 Å². The molecule has 0 amide bonds. The van der Waals surface area contributed by atoms with Crippen LogP contribution < -0.4 is 10.6 Å². The van der Waals surface area contributed by atoms with E-state index < -0.39 is 5.60 Å². The van der Waals surface area contributed by atoms with E-state index in [9.17, 15) is 5.11 Å². The number of hydrogen-bond donors (Lipinski definition) is 2. The Labute approximate surface area is 95.3 Å². The third-order valence-corrected chi connectivity index (χ3v) is 3.39. The fourth-order valence-electron chi connectivity index (χ4n) is 1.92. The SMILES string of the molecule is C[C@@H]1CN(c2nccc(N)n2)CC[C@]1(C)O. The zero-order valence-corrected chi connectivity index (χ0v) is 9.72. The number of nitrogen functional groups attached to an aromatic ring is 1. The highest BCUT2D eigenvalue weighted by molar-refractivity contribution is 5.38. The van der Waals surface area contributed by atoms with E-state index in [4.69, 9.17) is 5.73 Å². The summed E-state index contributed by atoms with van der Waals surface area (Å²) in [5.41, 5.74) is 5.04. The molecule has 0 bridgehead atoms. The van der Waals surface area contributed by atoms with Gasteiger partial charge in [-0.1, -0.05) is 6.92 Å². The molecule has 2 atom stereocenters. The van der Waals surface area contributed by atoms with Gasteiger partial charge in [-0.25, -0.2) is 4.98 Å². The lowest BCUT2D eigenvalue weighted by Gasteiger charge is -2.41. The molecule has 88 valence electrons. The van der Waals surface area contributed by atoms with Gasteiger partial charge in [-0.3, -0.25) is 0 Å². The smallest absolute Gasteiger partial charge is 0.227 e. The Morgan fingerprint density at radius 1 is 1.62 bits per heavy atom. The van der Waals surface area contributed by atoms with Crippen LogP contribution in [0.25, 0.3) is 0 Å². The molecule has 0 unspecified atom stereocenters. The molecule has 0 radical (unpaired) electrons. The molecule has 0 spiro atoms. The van der Waals surface area contributed by atoms with Crippen molar-refractivity contribution < 1.29 is 5.11 Å². The third kappa shape index (κ3) is 2.09. The average Bonchev–Trinajstić information content (AvgIpc) is 2.22. The summed E-state index contributed by atoms with van der Waals surface area (Å²) in [7, 11) is 0. The van der Waals surface area contributed by atoms with Gasteiger partial charge in [0.25, 0.3) is 0 Å². The molecule has 0 aliphatic carbocycles. The van der Waals surface area contributed by atoms with Gasteiger partial charge in [-0.2, -0.15) is 4.98 Å². The Morgan fingerprint density at radius 3 is 3.00 bits per heavy atom. The van der Waals surface area contributed by atoms with Crippen molar-refractivity contribution in [3.8, 4) is 0 Å². The maximum Gasteiger partial charge on any atom is 0.227 e. The van der Waals surface area contributed by atoms with Gasteiger partial charge < -0.3 is 15.7 Å². The first-order valence-electron chi connectivity index (χ1n) is 5.55. The number of nitrogens with two attached hydrogens (primary N) is 1. The number of hydrogen-bond acceptors (Lipinski definition) is 5. The zero-order valence-electron chi connectivity index (χ0n) is 9.72. The molecule has 0 saturated carbocycles. The molecule has 3 N–H and O–H groups in total. The summed E-state index contributed by atoms with van der Waals surface area (Å²) < 4.78 is 0. The predicted octanol–water partition coefficient (Wildman–Crippen LogP) is 0.656. The first-order chi connectivity index (χ1) is 7.49. The second kappa shape index (κ2) is 3.90. The minimum absolute atomic E-state index is 0.200. The molecule has 1 aliphatic heterocycles. The monoisotopic (exact) mass is 222 g/mol. The summed E-state index contributed by atoms with van der Waals surface area (Å²) in [4.78, 5) is 10.5. The standard InChI is InChI=1S/C11H18N4O/c1-8-7-15(6-4-11(8,2)16)10-13-5-3-9(12)14-10/h3,5,8,16H,4,6-7H2,1-2H3,(H2,12,13,14)/t8-,11+/m1/s1. The van der Waals surface area contributed by atoms with Crippen molar-refractivity contribution in [1.82, 2.24) is 9.97 Å². The summed E-state index contributed by atoms with van der Waals surface area (Å²) in [5.74, 6) is 1.34. The van der Waals surface area contributed by atoms with E-state index in [1.165, 1.54) is 0 Å². The summed E-state index contributed by atoms with van der Waals surface area (Å²) in [6.07, 6.45) is 2.39. The summed E-state index contributed by atoms with van der Waals surface area (Å²) in [6, 6.07) is 1.67. The van der Waals surface area contributed by atoms with Crippen LogP contribution in [0.3, 0.4) is 0 Å². The van der Waals surface area contributed by atoms with Gasteiger partial charge >= 0.3 is 0 Å². The normalized spacial score (nSPS) is 30.4. The van der Waals surface area contributed by atoms with E-state index >= 15 is 0 Å². The van der Waals surface area contributed by atoms with Crippen LogP contribution in [0.1, 0.15) is 20.3 Å². The van der Waals surface area contributed by atoms with Gasteiger partial charge in [-0.05, 0) is 19.4 Å². The largest absolute Gasteiger partial charge is 0.390 e. The zero-order chi connectivity index (χ0) is 11.8. The summed E-state index contributed by atoms with van der Waals surface area (Å²) in [6.45, 7) is 5.45. The first-order valence-corrected chi connectivity index (χ1v) is 5.55. The molecule has 16 heavy (non-hydrogen) atoms. The Balaban J connectivity index is 2.14. The molecule has 1 aliphatic rings. The van der Waals surface area contributed by atoms with Crippen molar-refractivity contribution in [2.75, 3.05) is 23.7 Å². The maximum absolute atomic E-state index is 10.1. The van der Waals surface area contributed by atoms with Gasteiger partial charge in [0, 0.05) is 25.2 Å². The second-order valence-electron chi connectivity index (χ2n) is 4.74. The van der Waals surface area contributed by atoms with Crippen molar-refractivity contribution in [1.29, 1.82) is 0 Å². The van der Waals surface area contributed by atoms with Crippen LogP contribution in [0, 0.1) is 5.92 Å². The number of nitrogens with zero attached hydrogens (tertiary/aromatic N) is 3. The molecule has 2 rings (SSSR count). The van der Waals surface area contributed by atoms with E-state index in [1.807, 2.05) is 13.8 Å². The van der Waals surface area contributed by atoms with Crippen molar-refractivity contribution in [2.24, 2.45) is 5.92 Å². The minimum Gasteiger partial charge on any atom is -0.390 e. The number of aliphatic hydroxyl groups is 1. The van der Waals surface area contributed by atoms with Crippen molar-refractivity contribution in [2.45, 2.75) is 25.9 Å². The number of rotatable bonds is 1. The van der Waals surface area contributed by atoms with Crippen LogP contribution in [0.15, 0.2) is 12.3 Å². The Morgan fingerprint density at radius 2 is 2.38 bits per heavy atom. The van der Waals surface area contributed by atoms with E-state index in [2.05, 4.69) is 14.9 Å². The first kappa shape index (κ1) is 11.1. The van der Waals surface area contributed by atoms with Gasteiger partial charge in [-0.15, -0.1) is 0 Å². The molecule has 1 fully saturated rings. The molecule has 5 nitrogen and oxygen atoms in total. The quantitative estimate of drug-likeness (QED) is 0.730. The van der Waals surface area contributed by atoms with Crippen LogP contribution in [0.5, 0.6) is 0 Å². The van der Waals surface area contributed by atoms with E-state index in [0.29, 0.717) is 11.8 Å². The molecular weight excluding hydrogens is 204 g/mol. The fourth-order valence-corrected chi connectivity index (χ4v) is 1.92. The molecule has 1 aromatic rings. The predicted molar refractivity (Wildman–Crippen MR) is 63.1 cm³/mol. The third-order valence-electron chi connectivity index (χ3n) is 3.39. The lowest BCUT2D eigenvalue weighted by atomic mass is 9.84. The topological polar surface area (TPSA) is 75.3 Å². The Hall–Kier alpha value is -1.36. The van der Waals surface area contributed by atoms with Crippen LogP contribution in [-0.2, 0) is 0 Å². The number of piperidine rings is 1. The number of aromatic nitrogens is 2. The van der Waals surface area contributed by atoms with Gasteiger partial charge in [0.15, 0.2) is 0 Å². The minimum atomic E-state index is -0.586. The van der Waals surface area contributed by atoms with E-state index in [0.717, 1.165) is 19.5 Å². The lowest BCUT2D eigenvalue weighted by Crippen LogP contribution is -2.49. The average molecular weight is 222 g/mol. The van der Waals surface area contributed by atoms with Crippen molar-refractivity contribution in [3.63, 3.8) is 0 Å². The van der Waals surface area contributed by atoms with Gasteiger partial charge in [0.05, 0.1) is 5.60 Å². The fraction of sp³-hybridized carbons (Fsp3) is 0.636. The molecule has 1 aromatic heterocycles. The van der Waals surface area contributed by atoms with Crippen LogP contribution in [0.4, 0.5) is 11.8 Å². The Bertz CT molecular complexity index is 380.